The van der Waals surface area contributed by atoms with Crippen molar-refractivity contribution in [2.24, 2.45) is 17.6 Å². The number of hydrogen-bond acceptors (Lipinski definition) is 10. The fourth-order valence-electron chi connectivity index (χ4n) is 5.60. The number of nitrogens with zero attached hydrogens (tertiary/aromatic N) is 1. The maximum Gasteiger partial charge on any atom is 0.255 e. The Labute approximate surface area is 187 Å². The van der Waals surface area contributed by atoms with E-state index in [1.807, 2.05) is 0 Å². The van der Waals surface area contributed by atoms with Crippen LogP contribution in [-0.2, 0) is 20.0 Å². The molecule has 1 fully saturated rings. The van der Waals surface area contributed by atoms with Gasteiger partial charge in [-0.1, -0.05) is 12.1 Å². The molecule has 0 aromatic heterocycles. The van der Waals surface area contributed by atoms with E-state index in [1.165, 1.54) is 44.1 Å². The van der Waals surface area contributed by atoms with Crippen LogP contribution >= 0.6 is 0 Å². The SMILES string of the molecule is CN(C)[C@@H]1C(=O)C(C(N)=O)=C(O)[C@@]2(O)C(=O)C3=C(O)c4c(O)cccc4[C@@](C)(O)[C@@H]3[C@@H](O)[C@@H]12. The van der Waals surface area contributed by atoms with Crippen LogP contribution in [-0.4, -0.2) is 84.9 Å². The first-order valence-electron chi connectivity index (χ1n) is 10.1. The van der Waals surface area contributed by atoms with E-state index in [4.69, 9.17) is 5.73 Å². The number of aliphatic hydroxyl groups is 5. The van der Waals surface area contributed by atoms with Crippen molar-refractivity contribution in [3.05, 3.63) is 46.2 Å². The van der Waals surface area contributed by atoms with Gasteiger partial charge in [0.25, 0.3) is 5.91 Å². The molecule has 4 rings (SSSR count). The molecule has 1 amide bonds. The number of nitrogens with two attached hydrogens (primary N) is 1. The van der Waals surface area contributed by atoms with Gasteiger partial charge in [0.05, 0.1) is 40.7 Å². The number of aliphatic hydroxyl groups excluding tert-OH is 3. The molecule has 0 saturated heterocycles. The quantitative estimate of drug-likeness (QED) is 0.257. The van der Waals surface area contributed by atoms with Crippen molar-refractivity contribution in [1.82, 2.24) is 4.90 Å². The molecule has 0 unspecified atom stereocenters. The van der Waals surface area contributed by atoms with E-state index in [0.717, 1.165) is 0 Å². The third-order valence-electron chi connectivity index (χ3n) is 7.03. The average Bonchev–Trinajstić information content (AvgIpc) is 2.70. The molecule has 0 heterocycles. The van der Waals surface area contributed by atoms with Crippen LogP contribution in [0, 0.1) is 11.8 Å². The van der Waals surface area contributed by atoms with Gasteiger partial charge in [-0.25, -0.2) is 0 Å². The Morgan fingerprint density at radius 1 is 1.12 bits per heavy atom. The molecule has 6 atom stereocenters. The number of ketones is 2. The Morgan fingerprint density at radius 3 is 2.27 bits per heavy atom. The molecular weight excluding hydrogens is 436 g/mol. The zero-order valence-corrected chi connectivity index (χ0v) is 18.0. The van der Waals surface area contributed by atoms with Crippen molar-refractivity contribution in [2.45, 2.75) is 30.3 Å². The number of fused-ring (bicyclic) bond motifs is 3. The summed E-state index contributed by atoms with van der Waals surface area (Å²) >= 11 is 0. The number of amides is 1. The van der Waals surface area contributed by atoms with Crippen LogP contribution in [0.1, 0.15) is 18.1 Å². The highest BCUT2D eigenvalue weighted by molar-refractivity contribution is 6.24. The van der Waals surface area contributed by atoms with E-state index in [9.17, 15) is 45.0 Å². The minimum atomic E-state index is -3.02. The molecule has 176 valence electrons. The molecule has 33 heavy (non-hydrogen) atoms. The van der Waals surface area contributed by atoms with Gasteiger partial charge in [0.15, 0.2) is 11.4 Å². The Bertz CT molecular complexity index is 1180. The lowest BCUT2D eigenvalue weighted by molar-refractivity contribution is -0.181. The number of carbonyl (C=O) groups excluding carboxylic acids is 3. The molecular formula is C22H24N2O9. The summed E-state index contributed by atoms with van der Waals surface area (Å²) < 4.78 is 0. The highest BCUT2D eigenvalue weighted by Gasteiger charge is 2.70. The van der Waals surface area contributed by atoms with Crippen LogP contribution < -0.4 is 5.73 Å². The number of likely N-dealkylation sites (N-methyl/N-ethyl adjacent to an activating group) is 1. The summed E-state index contributed by atoms with van der Waals surface area (Å²) in [5.41, 5.74) is -1.78. The second-order valence-electron chi connectivity index (χ2n) is 9.06. The minimum Gasteiger partial charge on any atom is -0.508 e. The van der Waals surface area contributed by atoms with E-state index in [1.54, 1.807) is 0 Å². The van der Waals surface area contributed by atoms with Crippen molar-refractivity contribution in [1.29, 1.82) is 0 Å². The van der Waals surface area contributed by atoms with Crippen molar-refractivity contribution in [3.8, 4) is 5.75 Å². The maximum absolute atomic E-state index is 13.7. The predicted octanol–water partition coefficient (Wildman–Crippen LogP) is -1.40. The Balaban J connectivity index is 2.11. The van der Waals surface area contributed by atoms with Gasteiger partial charge < -0.3 is 36.4 Å². The lowest BCUT2D eigenvalue weighted by atomic mass is 9.53. The molecule has 3 aliphatic carbocycles. The monoisotopic (exact) mass is 460 g/mol. The molecule has 1 aromatic carbocycles. The van der Waals surface area contributed by atoms with Crippen LogP contribution in [0.15, 0.2) is 35.1 Å². The highest BCUT2D eigenvalue weighted by atomic mass is 16.4. The van der Waals surface area contributed by atoms with Crippen molar-refractivity contribution < 1.29 is 45.0 Å². The molecule has 0 radical (unpaired) electrons. The Morgan fingerprint density at radius 2 is 1.73 bits per heavy atom. The summed E-state index contributed by atoms with van der Waals surface area (Å²) in [7, 11) is 2.80. The smallest absolute Gasteiger partial charge is 0.255 e. The Hall–Kier alpha value is -3.25. The standard InChI is InChI=1S/C22H24N2O9/c1-21(32)7-5-4-6-8(25)9(7)15(26)10-12(21)17(28)13-14(24(2)3)16(27)11(20(23)31)19(30)22(13,33)18(10)29/h4-6,12-14,17,25-26,28,30,32-33H,1-3H3,(H2,23,31)/t12-,13+,14-,17+,21+,22-/m0/s1. The van der Waals surface area contributed by atoms with Crippen molar-refractivity contribution in [3.63, 3.8) is 0 Å². The minimum absolute atomic E-state index is 0.00664. The van der Waals surface area contributed by atoms with Gasteiger partial charge in [0.1, 0.15) is 22.8 Å². The predicted molar refractivity (Wildman–Crippen MR) is 112 cm³/mol. The summed E-state index contributed by atoms with van der Waals surface area (Å²) in [6.07, 6.45) is -1.87. The average molecular weight is 460 g/mol. The van der Waals surface area contributed by atoms with Gasteiger partial charge >= 0.3 is 0 Å². The topological polar surface area (TPSA) is 202 Å². The van der Waals surface area contributed by atoms with Gasteiger partial charge in [-0.05, 0) is 32.6 Å². The molecule has 0 aliphatic heterocycles. The van der Waals surface area contributed by atoms with Gasteiger partial charge in [-0.3, -0.25) is 19.3 Å². The number of phenolic OH excluding ortho intramolecular Hbond substituents is 1. The number of Topliss-reactive ketones (excluding diaryl/α,β-unsaturated/α-hetero) is 2. The van der Waals surface area contributed by atoms with Gasteiger partial charge in [0.2, 0.25) is 5.78 Å². The number of benzene rings is 1. The van der Waals surface area contributed by atoms with E-state index in [0.29, 0.717) is 0 Å². The van der Waals surface area contributed by atoms with Gasteiger partial charge in [-0.15, -0.1) is 0 Å². The number of hydrogen-bond donors (Lipinski definition) is 7. The second-order valence-corrected chi connectivity index (χ2v) is 9.06. The zero-order valence-electron chi connectivity index (χ0n) is 18.0. The van der Waals surface area contributed by atoms with Gasteiger partial charge in [-0.2, -0.15) is 0 Å². The molecule has 8 N–H and O–H groups in total. The fraction of sp³-hybridized carbons (Fsp3) is 0.409. The molecule has 0 bridgehead atoms. The van der Waals surface area contributed by atoms with E-state index >= 15 is 0 Å². The van der Waals surface area contributed by atoms with Crippen LogP contribution in [0.3, 0.4) is 0 Å². The number of aromatic hydroxyl groups is 1. The zero-order chi connectivity index (χ0) is 24.8. The second kappa shape index (κ2) is 6.87. The van der Waals surface area contributed by atoms with Crippen molar-refractivity contribution in [2.75, 3.05) is 14.1 Å². The maximum atomic E-state index is 13.7. The molecule has 1 saturated carbocycles. The van der Waals surface area contributed by atoms with E-state index < -0.39 is 81.1 Å². The number of carbonyl (C=O) groups is 3. The van der Waals surface area contributed by atoms with Crippen LogP contribution in [0.5, 0.6) is 5.75 Å². The largest absolute Gasteiger partial charge is 0.508 e. The number of primary amides is 1. The molecule has 0 spiro atoms. The molecule has 1 aromatic rings. The van der Waals surface area contributed by atoms with E-state index in [2.05, 4.69) is 0 Å². The highest BCUT2D eigenvalue weighted by Crippen LogP contribution is 2.57. The lowest BCUT2D eigenvalue weighted by Crippen LogP contribution is -2.71. The third kappa shape index (κ3) is 2.61. The summed E-state index contributed by atoms with van der Waals surface area (Å²) in [5.74, 6) is -9.67. The molecule has 11 heteroatoms. The molecule has 3 aliphatic rings. The van der Waals surface area contributed by atoms with Crippen molar-refractivity contribution >= 4 is 23.2 Å². The summed E-state index contributed by atoms with van der Waals surface area (Å²) in [4.78, 5) is 39.9. The summed E-state index contributed by atoms with van der Waals surface area (Å²) in [5, 5.41) is 66.3. The first-order valence-corrected chi connectivity index (χ1v) is 10.1. The first kappa shape index (κ1) is 22.9. The van der Waals surface area contributed by atoms with Crippen LogP contribution in [0.2, 0.25) is 0 Å². The van der Waals surface area contributed by atoms with E-state index in [-0.39, 0.29) is 11.1 Å². The fourth-order valence-corrected chi connectivity index (χ4v) is 5.60. The summed E-state index contributed by atoms with van der Waals surface area (Å²) in [6.45, 7) is 1.25. The molecule has 11 nitrogen and oxygen atoms in total. The van der Waals surface area contributed by atoms with Crippen LogP contribution in [0.4, 0.5) is 0 Å². The third-order valence-corrected chi connectivity index (χ3v) is 7.03. The number of rotatable bonds is 2. The Kier molecular flexibility index (Phi) is 4.78. The lowest BCUT2D eigenvalue weighted by Gasteiger charge is -2.55. The normalized spacial score (nSPS) is 36.0. The summed E-state index contributed by atoms with van der Waals surface area (Å²) in [6, 6.07) is 2.50. The number of phenols is 1. The van der Waals surface area contributed by atoms with Gasteiger partial charge in [0, 0.05) is 0 Å². The first-order chi connectivity index (χ1) is 15.2. The van der Waals surface area contributed by atoms with Crippen LogP contribution in [0.25, 0.3) is 5.76 Å².